The standard InChI is InChI=1S/C30H42N2OS2/c1-2-3-4-5-6-7-8-9-10-11-12-13-14-17-22-34-30-32-27-21-20-26(23-29(27)35-30)31-24-25-18-15-16-19-28(25)33/h15-16,18-21,23-24,33H,2-14,17,22H2,1H3. The van der Waals surface area contributed by atoms with Gasteiger partial charge in [-0.1, -0.05) is 114 Å². The zero-order valence-corrected chi connectivity index (χ0v) is 23.0. The van der Waals surface area contributed by atoms with Crippen molar-refractivity contribution in [2.24, 2.45) is 4.99 Å². The lowest BCUT2D eigenvalue weighted by Crippen LogP contribution is -1.84. The van der Waals surface area contributed by atoms with Gasteiger partial charge < -0.3 is 5.11 Å². The molecular weight excluding hydrogens is 468 g/mol. The Bertz CT molecular complexity index is 1010. The summed E-state index contributed by atoms with van der Waals surface area (Å²) >= 11 is 3.64. The van der Waals surface area contributed by atoms with Crippen LogP contribution in [-0.2, 0) is 0 Å². The van der Waals surface area contributed by atoms with Crippen LogP contribution in [0.15, 0.2) is 51.8 Å². The maximum absolute atomic E-state index is 9.89. The monoisotopic (exact) mass is 510 g/mol. The molecule has 3 nitrogen and oxygen atoms in total. The fourth-order valence-corrected chi connectivity index (χ4v) is 6.40. The highest BCUT2D eigenvalue weighted by atomic mass is 32.2. The number of hydrogen-bond acceptors (Lipinski definition) is 5. The number of aliphatic imine (C=N–C) groups is 1. The molecule has 0 amide bonds. The fraction of sp³-hybridized carbons (Fsp3) is 0.533. The lowest BCUT2D eigenvalue weighted by Gasteiger charge is -2.03. The third-order valence-electron chi connectivity index (χ3n) is 6.37. The molecule has 0 saturated carbocycles. The van der Waals surface area contributed by atoms with E-state index in [-0.39, 0.29) is 5.75 Å². The van der Waals surface area contributed by atoms with Crippen molar-refractivity contribution in [3.05, 3.63) is 48.0 Å². The molecule has 0 radical (unpaired) electrons. The summed E-state index contributed by atoms with van der Waals surface area (Å²) in [6.45, 7) is 2.29. The summed E-state index contributed by atoms with van der Waals surface area (Å²) in [6, 6.07) is 13.4. The topological polar surface area (TPSA) is 45.5 Å². The zero-order valence-electron chi connectivity index (χ0n) is 21.4. The average molecular weight is 511 g/mol. The van der Waals surface area contributed by atoms with Gasteiger partial charge in [-0.25, -0.2) is 4.98 Å². The molecule has 2 aromatic carbocycles. The first-order valence-corrected chi connectivity index (χ1v) is 15.4. The summed E-state index contributed by atoms with van der Waals surface area (Å²) in [4.78, 5) is 9.31. The Morgan fingerprint density at radius 2 is 1.46 bits per heavy atom. The van der Waals surface area contributed by atoms with Crippen molar-refractivity contribution in [3.63, 3.8) is 0 Å². The van der Waals surface area contributed by atoms with Crippen LogP contribution in [0.1, 0.15) is 102 Å². The Morgan fingerprint density at radius 1 is 0.829 bits per heavy atom. The summed E-state index contributed by atoms with van der Waals surface area (Å²) in [7, 11) is 0. The van der Waals surface area contributed by atoms with Gasteiger partial charge in [-0.2, -0.15) is 0 Å². The summed E-state index contributed by atoms with van der Waals surface area (Å²) in [5, 5.41) is 9.89. The minimum atomic E-state index is 0.248. The first kappa shape index (κ1) is 27.7. The Morgan fingerprint density at radius 3 is 2.11 bits per heavy atom. The van der Waals surface area contributed by atoms with Gasteiger partial charge in [0.2, 0.25) is 0 Å². The van der Waals surface area contributed by atoms with Gasteiger partial charge in [0.25, 0.3) is 0 Å². The SMILES string of the molecule is CCCCCCCCCCCCCCCCSc1nc2ccc(N=Cc3ccccc3O)cc2s1. The van der Waals surface area contributed by atoms with Crippen molar-refractivity contribution in [1.29, 1.82) is 0 Å². The van der Waals surface area contributed by atoms with Crippen LogP contribution in [0.4, 0.5) is 5.69 Å². The lowest BCUT2D eigenvalue weighted by atomic mass is 10.0. The molecule has 0 bridgehead atoms. The Balaban J connectivity index is 1.25. The molecule has 0 unspecified atom stereocenters. The molecule has 190 valence electrons. The molecule has 5 heteroatoms. The smallest absolute Gasteiger partial charge is 0.151 e. The maximum Gasteiger partial charge on any atom is 0.151 e. The average Bonchev–Trinajstić information content (AvgIpc) is 3.28. The normalized spacial score (nSPS) is 11.7. The lowest BCUT2D eigenvalue weighted by molar-refractivity contribution is 0.474. The van der Waals surface area contributed by atoms with E-state index in [1.165, 1.54) is 94.6 Å². The second-order valence-electron chi connectivity index (χ2n) is 9.39. The number of fused-ring (bicyclic) bond motifs is 1. The van der Waals surface area contributed by atoms with Crippen LogP contribution >= 0.6 is 23.1 Å². The van der Waals surface area contributed by atoms with E-state index < -0.39 is 0 Å². The highest BCUT2D eigenvalue weighted by Gasteiger charge is 2.05. The molecule has 0 saturated heterocycles. The Hall–Kier alpha value is -1.85. The number of aromatic nitrogens is 1. The maximum atomic E-state index is 9.89. The van der Waals surface area contributed by atoms with Crippen LogP contribution in [-0.4, -0.2) is 22.1 Å². The van der Waals surface area contributed by atoms with Crippen LogP contribution in [0.2, 0.25) is 0 Å². The van der Waals surface area contributed by atoms with Crippen LogP contribution in [0.25, 0.3) is 10.2 Å². The molecule has 3 aromatic rings. The summed E-state index contributed by atoms with van der Waals surface area (Å²) in [5.41, 5.74) is 2.65. The number of nitrogens with zero attached hydrogens (tertiary/aromatic N) is 2. The van der Waals surface area contributed by atoms with Crippen molar-refractivity contribution in [2.45, 2.75) is 101 Å². The van der Waals surface area contributed by atoms with Gasteiger partial charge in [-0.05, 0) is 36.8 Å². The van der Waals surface area contributed by atoms with Gasteiger partial charge in [0.1, 0.15) is 5.75 Å². The molecule has 3 rings (SSSR count). The minimum absolute atomic E-state index is 0.248. The van der Waals surface area contributed by atoms with Gasteiger partial charge in [0.15, 0.2) is 4.34 Å². The third kappa shape index (κ3) is 10.7. The van der Waals surface area contributed by atoms with Crippen LogP contribution < -0.4 is 0 Å². The second-order valence-corrected chi connectivity index (χ2v) is 11.8. The molecule has 0 fully saturated rings. The molecule has 0 atom stereocenters. The van der Waals surface area contributed by atoms with Crippen molar-refractivity contribution in [3.8, 4) is 5.75 Å². The van der Waals surface area contributed by atoms with Gasteiger partial charge in [-0.15, -0.1) is 11.3 Å². The van der Waals surface area contributed by atoms with Gasteiger partial charge in [-0.3, -0.25) is 4.99 Å². The van der Waals surface area contributed by atoms with Gasteiger partial charge >= 0.3 is 0 Å². The molecule has 1 heterocycles. The highest BCUT2D eigenvalue weighted by Crippen LogP contribution is 2.32. The molecule has 0 aliphatic carbocycles. The fourth-order valence-electron chi connectivity index (χ4n) is 4.23. The quantitative estimate of drug-likeness (QED) is 0.105. The highest BCUT2D eigenvalue weighted by molar-refractivity contribution is 8.01. The van der Waals surface area contributed by atoms with Crippen molar-refractivity contribution < 1.29 is 5.11 Å². The first-order valence-electron chi connectivity index (χ1n) is 13.6. The number of phenols is 1. The van der Waals surface area contributed by atoms with Crippen molar-refractivity contribution in [1.82, 2.24) is 4.98 Å². The number of unbranched alkanes of at least 4 members (excludes halogenated alkanes) is 13. The number of hydrogen-bond donors (Lipinski definition) is 1. The third-order valence-corrected chi connectivity index (χ3v) is 8.61. The second kappa shape index (κ2) is 16.8. The van der Waals surface area contributed by atoms with Crippen LogP contribution in [0.5, 0.6) is 5.75 Å². The summed E-state index contributed by atoms with van der Waals surface area (Å²) in [6.07, 6.45) is 21.3. The molecule has 0 aliphatic heterocycles. The van der Waals surface area contributed by atoms with Crippen molar-refractivity contribution >= 4 is 45.2 Å². The predicted octanol–water partition coefficient (Wildman–Crippen LogP) is 10.3. The Kier molecular flexibility index (Phi) is 13.3. The predicted molar refractivity (Wildman–Crippen MR) is 156 cm³/mol. The van der Waals surface area contributed by atoms with E-state index in [4.69, 9.17) is 4.98 Å². The van der Waals surface area contributed by atoms with Crippen LogP contribution in [0.3, 0.4) is 0 Å². The number of thioether (sulfide) groups is 1. The molecular formula is C30H42N2OS2. The molecule has 1 N–H and O–H groups in total. The number of phenolic OH excluding ortho intramolecular Hbond substituents is 1. The van der Waals surface area contributed by atoms with E-state index in [0.29, 0.717) is 0 Å². The van der Waals surface area contributed by atoms with E-state index in [9.17, 15) is 5.11 Å². The molecule has 0 spiro atoms. The number of benzene rings is 2. The van der Waals surface area contributed by atoms with E-state index in [1.807, 2.05) is 42.1 Å². The Labute approximate surface area is 220 Å². The molecule has 35 heavy (non-hydrogen) atoms. The summed E-state index contributed by atoms with van der Waals surface area (Å²) < 4.78 is 2.32. The number of para-hydroxylation sites is 1. The first-order chi connectivity index (χ1) is 17.3. The van der Waals surface area contributed by atoms with E-state index in [2.05, 4.69) is 18.0 Å². The number of aromatic hydroxyl groups is 1. The minimum Gasteiger partial charge on any atom is -0.507 e. The van der Waals surface area contributed by atoms with Crippen LogP contribution in [0, 0.1) is 0 Å². The van der Waals surface area contributed by atoms with E-state index in [0.717, 1.165) is 26.9 Å². The zero-order chi connectivity index (χ0) is 24.6. The molecule has 1 aromatic heterocycles. The largest absolute Gasteiger partial charge is 0.507 e. The van der Waals surface area contributed by atoms with E-state index in [1.54, 1.807) is 23.6 Å². The molecule has 0 aliphatic rings. The number of rotatable bonds is 18. The number of thiazole rings is 1. The van der Waals surface area contributed by atoms with Gasteiger partial charge in [0, 0.05) is 17.5 Å². The van der Waals surface area contributed by atoms with Gasteiger partial charge in [0.05, 0.1) is 15.9 Å². The van der Waals surface area contributed by atoms with E-state index >= 15 is 0 Å². The van der Waals surface area contributed by atoms with Crippen molar-refractivity contribution in [2.75, 3.05) is 5.75 Å². The summed E-state index contributed by atoms with van der Waals surface area (Å²) in [5.74, 6) is 1.40.